The van der Waals surface area contributed by atoms with Crippen molar-refractivity contribution < 1.29 is 4.39 Å². The molecule has 2 heterocycles. The smallest absolute Gasteiger partial charge is 0.122 e. The van der Waals surface area contributed by atoms with Crippen LogP contribution in [0.25, 0.3) is 0 Å². The van der Waals surface area contributed by atoms with Gasteiger partial charge in [-0.05, 0) is 24.3 Å². The summed E-state index contributed by atoms with van der Waals surface area (Å²) in [6, 6.07) is 0. The van der Waals surface area contributed by atoms with Crippen molar-refractivity contribution in [1.29, 1.82) is 0 Å². The van der Waals surface area contributed by atoms with Crippen LogP contribution in [0.3, 0.4) is 0 Å². The van der Waals surface area contributed by atoms with E-state index in [0.717, 1.165) is 6.54 Å². The molecule has 2 rings (SSSR count). The van der Waals surface area contributed by atoms with Crippen LogP contribution >= 0.6 is 0 Å². The maximum atomic E-state index is 12.6. The van der Waals surface area contributed by atoms with E-state index in [2.05, 4.69) is 6.08 Å². The fourth-order valence-electron chi connectivity index (χ4n) is 1.25. The predicted molar refractivity (Wildman–Crippen MR) is 48.7 cm³/mol. The minimum atomic E-state index is -0.167. The van der Waals surface area contributed by atoms with Gasteiger partial charge in [0.2, 0.25) is 0 Å². The first-order valence-electron chi connectivity index (χ1n) is 4.18. The molecule has 0 saturated heterocycles. The summed E-state index contributed by atoms with van der Waals surface area (Å²) in [6.45, 7) is 1.37. The van der Waals surface area contributed by atoms with E-state index in [4.69, 9.17) is 0 Å². The zero-order valence-corrected chi connectivity index (χ0v) is 7.15. The number of hydrazine groups is 1. The van der Waals surface area contributed by atoms with Gasteiger partial charge in [0, 0.05) is 12.4 Å². The van der Waals surface area contributed by atoms with Crippen LogP contribution in [0.5, 0.6) is 0 Å². The number of nitrogens with zero attached hydrogens (tertiary/aromatic N) is 2. The van der Waals surface area contributed by atoms with E-state index in [0.29, 0.717) is 6.54 Å². The quantitative estimate of drug-likeness (QED) is 0.602. The first-order valence-corrected chi connectivity index (χ1v) is 4.18. The van der Waals surface area contributed by atoms with Crippen molar-refractivity contribution in [3.8, 4) is 0 Å². The number of allylic oxidation sites excluding steroid dienone is 4. The second-order valence-corrected chi connectivity index (χ2v) is 2.84. The highest BCUT2D eigenvalue weighted by Crippen LogP contribution is 2.12. The maximum absolute atomic E-state index is 12.6. The minimum absolute atomic E-state index is 0.167. The normalized spacial score (nSPS) is 20.8. The first kappa shape index (κ1) is 8.10. The fraction of sp³-hybridized carbons (Fsp3) is 0.200. The van der Waals surface area contributed by atoms with Gasteiger partial charge in [-0.2, -0.15) is 0 Å². The maximum Gasteiger partial charge on any atom is 0.122 e. The average Bonchev–Trinajstić information content (AvgIpc) is 2.20. The lowest BCUT2D eigenvalue weighted by Crippen LogP contribution is -2.36. The van der Waals surface area contributed by atoms with Crippen molar-refractivity contribution in [3.05, 3.63) is 48.6 Å². The van der Waals surface area contributed by atoms with Gasteiger partial charge in [0.15, 0.2) is 0 Å². The molecule has 0 aromatic heterocycles. The molecule has 3 heteroatoms. The average molecular weight is 177 g/mol. The SMILES string of the molecule is FC1=CCN(N2C=C[C]=CC2)C=C1. The molecular weight excluding hydrogens is 167 g/mol. The molecule has 2 aliphatic heterocycles. The van der Waals surface area contributed by atoms with Gasteiger partial charge in [0.05, 0.1) is 13.1 Å². The van der Waals surface area contributed by atoms with Crippen molar-refractivity contribution >= 4 is 0 Å². The van der Waals surface area contributed by atoms with Crippen molar-refractivity contribution in [2.75, 3.05) is 13.1 Å². The molecule has 0 aliphatic carbocycles. The Balaban J connectivity index is 2.00. The Bertz CT molecular complexity index is 302. The monoisotopic (exact) mass is 177 g/mol. The standard InChI is InChI=1S/C10H10FN2/c11-10-4-8-13(9-5-10)12-6-2-1-3-7-12/h2-6,8H,7,9H2. The van der Waals surface area contributed by atoms with Crippen LogP contribution in [0, 0.1) is 6.08 Å². The van der Waals surface area contributed by atoms with Gasteiger partial charge in [0.25, 0.3) is 0 Å². The molecule has 0 bridgehead atoms. The van der Waals surface area contributed by atoms with Crippen LogP contribution in [0.1, 0.15) is 0 Å². The Hall–Kier alpha value is -1.51. The summed E-state index contributed by atoms with van der Waals surface area (Å²) < 4.78 is 12.6. The summed E-state index contributed by atoms with van der Waals surface area (Å²) in [7, 11) is 0. The van der Waals surface area contributed by atoms with E-state index in [1.807, 2.05) is 28.4 Å². The first-order chi connectivity index (χ1) is 6.36. The van der Waals surface area contributed by atoms with E-state index in [1.54, 1.807) is 12.3 Å². The van der Waals surface area contributed by atoms with E-state index < -0.39 is 0 Å². The number of hydrogen-bond acceptors (Lipinski definition) is 2. The Morgan fingerprint density at radius 1 is 1.23 bits per heavy atom. The van der Waals surface area contributed by atoms with Crippen molar-refractivity contribution in [2.24, 2.45) is 0 Å². The third kappa shape index (κ3) is 1.80. The predicted octanol–water partition coefficient (Wildman–Crippen LogP) is 1.77. The number of hydrogen-bond donors (Lipinski definition) is 0. The Labute approximate surface area is 76.9 Å². The van der Waals surface area contributed by atoms with Gasteiger partial charge in [-0.15, -0.1) is 0 Å². The van der Waals surface area contributed by atoms with E-state index in [-0.39, 0.29) is 5.83 Å². The second-order valence-electron chi connectivity index (χ2n) is 2.84. The highest BCUT2D eigenvalue weighted by molar-refractivity contribution is 5.16. The van der Waals surface area contributed by atoms with E-state index in [9.17, 15) is 4.39 Å². The molecule has 0 aromatic carbocycles. The summed E-state index contributed by atoms with van der Waals surface area (Å²) in [5.41, 5.74) is 0. The zero-order chi connectivity index (χ0) is 9.10. The molecule has 0 unspecified atom stereocenters. The van der Waals surface area contributed by atoms with Crippen molar-refractivity contribution in [3.63, 3.8) is 0 Å². The molecule has 1 radical (unpaired) electrons. The Morgan fingerprint density at radius 3 is 2.69 bits per heavy atom. The molecule has 13 heavy (non-hydrogen) atoms. The van der Waals surface area contributed by atoms with Gasteiger partial charge in [-0.1, -0.05) is 6.08 Å². The number of rotatable bonds is 1. The summed E-state index contributed by atoms with van der Waals surface area (Å²) in [4.78, 5) is 0. The van der Waals surface area contributed by atoms with Crippen LogP contribution in [-0.2, 0) is 0 Å². The zero-order valence-electron chi connectivity index (χ0n) is 7.15. The molecule has 2 nitrogen and oxygen atoms in total. The lowest BCUT2D eigenvalue weighted by Gasteiger charge is -2.33. The number of halogens is 1. The van der Waals surface area contributed by atoms with Crippen LogP contribution in [0.4, 0.5) is 4.39 Å². The summed E-state index contributed by atoms with van der Waals surface area (Å²) in [5, 5.41) is 3.94. The molecule has 0 N–H and O–H groups in total. The van der Waals surface area contributed by atoms with Crippen LogP contribution in [-0.4, -0.2) is 23.1 Å². The lowest BCUT2D eigenvalue weighted by molar-refractivity contribution is 0.100. The topological polar surface area (TPSA) is 6.48 Å². The highest BCUT2D eigenvalue weighted by atomic mass is 19.1. The molecule has 0 fully saturated rings. The van der Waals surface area contributed by atoms with Crippen molar-refractivity contribution in [2.45, 2.75) is 0 Å². The van der Waals surface area contributed by atoms with Gasteiger partial charge in [0.1, 0.15) is 5.83 Å². The minimum Gasteiger partial charge on any atom is -0.289 e. The Morgan fingerprint density at radius 2 is 2.08 bits per heavy atom. The molecule has 2 aliphatic rings. The second kappa shape index (κ2) is 3.47. The van der Waals surface area contributed by atoms with Crippen LogP contribution in [0.15, 0.2) is 42.5 Å². The summed E-state index contributed by atoms with van der Waals surface area (Å²) in [5.74, 6) is -0.167. The molecule has 67 valence electrons. The molecule has 0 spiro atoms. The third-order valence-electron chi connectivity index (χ3n) is 1.95. The molecule has 0 atom stereocenters. The molecular formula is C10H10FN2. The van der Waals surface area contributed by atoms with Gasteiger partial charge < -0.3 is 0 Å². The molecule has 0 amide bonds. The Kier molecular flexibility index (Phi) is 2.17. The van der Waals surface area contributed by atoms with Crippen molar-refractivity contribution in [1.82, 2.24) is 10.0 Å². The summed E-state index contributed by atoms with van der Waals surface area (Å²) >= 11 is 0. The van der Waals surface area contributed by atoms with E-state index in [1.165, 1.54) is 6.08 Å². The highest BCUT2D eigenvalue weighted by Gasteiger charge is 2.09. The van der Waals surface area contributed by atoms with Gasteiger partial charge in [-0.3, -0.25) is 10.0 Å². The fourth-order valence-corrected chi connectivity index (χ4v) is 1.25. The van der Waals surface area contributed by atoms with Gasteiger partial charge in [-0.25, -0.2) is 4.39 Å². The largest absolute Gasteiger partial charge is 0.289 e. The molecule has 0 aromatic rings. The van der Waals surface area contributed by atoms with Crippen LogP contribution < -0.4 is 0 Å². The third-order valence-corrected chi connectivity index (χ3v) is 1.95. The van der Waals surface area contributed by atoms with Gasteiger partial charge >= 0.3 is 0 Å². The lowest BCUT2D eigenvalue weighted by atomic mass is 10.3. The molecule has 0 saturated carbocycles. The van der Waals surface area contributed by atoms with E-state index >= 15 is 0 Å². The summed E-state index contributed by atoms with van der Waals surface area (Å²) in [6.07, 6.45) is 13.4. The van der Waals surface area contributed by atoms with Crippen LogP contribution in [0.2, 0.25) is 0 Å².